The molecule has 0 radical (unpaired) electrons. The molecule has 1 aromatic heterocycles. The molecule has 0 saturated heterocycles. The van der Waals surface area contributed by atoms with Gasteiger partial charge in [0, 0.05) is 22.0 Å². The Kier molecular flexibility index (Phi) is 5.68. The maximum Gasteiger partial charge on any atom is 0.319 e. The third-order valence-electron chi connectivity index (χ3n) is 3.63. The molecule has 3 rings (SSSR count). The van der Waals surface area contributed by atoms with Crippen LogP contribution in [0.3, 0.4) is 0 Å². The molecule has 2 N–H and O–H groups in total. The number of hydrogen-bond acceptors (Lipinski definition) is 3. The lowest BCUT2D eigenvalue weighted by Crippen LogP contribution is -2.28. The van der Waals surface area contributed by atoms with Crippen molar-refractivity contribution >= 4 is 34.7 Å². The first kappa shape index (κ1) is 17.5. The molecule has 0 aliphatic carbocycles. The van der Waals surface area contributed by atoms with E-state index in [1.807, 2.05) is 25.1 Å². The summed E-state index contributed by atoms with van der Waals surface area (Å²) in [4.78, 5) is 17.8. The summed E-state index contributed by atoms with van der Waals surface area (Å²) >= 11 is 7.54. The van der Waals surface area contributed by atoms with E-state index in [-0.39, 0.29) is 6.03 Å². The zero-order chi connectivity index (χ0) is 17.6. The first-order valence-electron chi connectivity index (χ1n) is 7.89. The van der Waals surface area contributed by atoms with Gasteiger partial charge in [0.25, 0.3) is 0 Å². The zero-order valence-corrected chi connectivity index (χ0v) is 15.3. The van der Waals surface area contributed by atoms with Crippen molar-refractivity contribution in [2.45, 2.75) is 19.9 Å². The summed E-state index contributed by atoms with van der Waals surface area (Å²) in [5.74, 6) is 0. The molecule has 2 amide bonds. The van der Waals surface area contributed by atoms with Gasteiger partial charge in [0.1, 0.15) is 5.01 Å². The van der Waals surface area contributed by atoms with E-state index >= 15 is 0 Å². The molecule has 0 aliphatic heterocycles. The van der Waals surface area contributed by atoms with Crippen molar-refractivity contribution in [3.05, 3.63) is 80.8 Å². The van der Waals surface area contributed by atoms with E-state index in [0.717, 1.165) is 17.1 Å². The first-order chi connectivity index (χ1) is 12.1. The van der Waals surface area contributed by atoms with Crippen LogP contribution in [0.15, 0.2) is 54.6 Å². The molecule has 0 spiro atoms. The van der Waals surface area contributed by atoms with Crippen LogP contribution in [0.5, 0.6) is 0 Å². The zero-order valence-electron chi connectivity index (χ0n) is 13.8. The molecule has 0 unspecified atom stereocenters. The second-order valence-electron chi connectivity index (χ2n) is 5.60. The average molecular weight is 372 g/mol. The summed E-state index contributed by atoms with van der Waals surface area (Å²) in [6.07, 6.45) is 0.860. The van der Waals surface area contributed by atoms with Crippen molar-refractivity contribution in [3.63, 3.8) is 0 Å². The lowest BCUT2D eigenvalue weighted by molar-refractivity contribution is 0.251. The summed E-state index contributed by atoms with van der Waals surface area (Å²) in [5, 5.41) is 7.06. The SMILES string of the molecule is Cc1nc(CNC(=O)Nc2cccc(Cl)c2)sc1Cc1ccccc1. The molecule has 1 heterocycles. The topological polar surface area (TPSA) is 54.0 Å². The minimum absolute atomic E-state index is 0.278. The Hall–Kier alpha value is -2.37. The van der Waals surface area contributed by atoms with E-state index < -0.39 is 0 Å². The standard InChI is InChI=1S/C19H18ClN3OS/c1-13-17(10-14-6-3-2-4-7-14)25-18(22-13)12-21-19(24)23-16-9-5-8-15(20)11-16/h2-9,11H,10,12H2,1H3,(H2,21,23,24). The highest BCUT2D eigenvalue weighted by molar-refractivity contribution is 7.11. The van der Waals surface area contributed by atoms with Crippen LogP contribution in [0.25, 0.3) is 0 Å². The third-order valence-corrected chi connectivity index (χ3v) is 5.02. The Morgan fingerprint density at radius 2 is 1.96 bits per heavy atom. The number of aromatic nitrogens is 1. The number of carbonyl (C=O) groups is 1. The van der Waals surface area contributed by atoms with Crippen LogP contribution in [-0.4, -0.2) is 11.0 Å². The normalized spacial score (nSPS) is 10.5. The van der Waals surface area contributed by atoms with Gasteiger partial charge in [-0.3, -0.25) is 0 Å². The molecule has 0 atom stereocenters. The van der Waals surface area contributed by atoms with E-state index in [9.17, 15) is 4.79 Å². The average Bonchev–Trinajstić information content (AvgIpc) is 2.94. The molecule has 0 bridgehead atoms. The van der Waals surface area contributed by atoms with Gasteiger partial charge >= 0.3 is 6.03 Å². The number of aryl methyl sites for hydroxylation is 1. The van der Waals surface area contributed by atoms with Gasteiger partial charge in [0.15, 0.2) is 0 Å². The molecule has 4 nitrogen and oxygen atoms in total. The van der Waals surface area contributed by atoms with Crippen LogP contribution in [0.1, 0.15) is 21.1 Å². The predicted octanol–water partition coefficient (Wildman–Crippen LogP) is 5.02. The fourth-order valence-electron chi connectivity index (χ4n) is 2.41. The van der Waals surface area contributed by atoms with Crippen LogP contribution in [-0.2, 0) is 13.0 Å². The van der Waals surface area contributed by atoms with Crippen LogP contribution in [0.4, 0.5) is 10.5 Å². The lowest BCUT2D eigenvalue weighted by Gasteiger charge is -2.06. The van der Waals surface area contributed by atoms with Gasteiger partial charge in [-0.05, 0) is 30.7 Å². The van der Waals surface area contributed by atoms with E-state index in [2.05, 4.69) is 27.8 Å². The number of nitrogens with zero attached hydrogens (tertiary/aromatic N) is 1. The first-order valence-corrected chi connectivity index (χ1v) is 9.09. The van der Waals surface area contributed by atoms with Crippen molar-refractivity contribution in [3.8, 4) is 0 Å². The third kappa shape index (κ3) is 5.05. The monoisotopic (exact) mass is 371 g/mol. The second kappa shape index (κ2) is 8.14. The van der Waals surface area contributed by atoms with Crippen molar-refractivity contribution in [1.82, 2.24) is 10.3 Å². The number of urea groups is 1. The maximum absolute atomic E-state index is 12.0. The highest BCUT2D eigenvalue weighted by atomic mass is 35.5. The molecular weight excluding hydrogens is 354 g/mol. The summed E-state index contributed by atoms with van der Waals surface area (Å²) in [5.41, 5.74) is 2.93. The highest BCUT2D eigenvalue weighted by Gasteiger charge is 2.10. The Labute approximate surface area is 155 Å². The van der Waals surface area contributed by atoms with Gasteiger partial charge in [0.05, 0.1) is 12.2 Å². The predicted molar refractivity (Wildman–Crippen MR) is 103 cm³/mol. The summed E-state index contributed by atoms with van der Waals surface area (Å²) in [6, 6.07) is 17.1. The molecular formula is C19H18ClN3OS. The Morgan fingerprint density at radius 3 is 2.72 bits per heavy atom. The smallest absolute Gasteiger partial charge is 0.319 e. The summed E-state index contributed by atoms with van der Waals surface area (Å²) < 4.78 is 0. The number of benzene rings is 2. The largest absolute Gasteiger partial charge is 0.331 e. The Morgan fingerprint density at radius 1 is 1.16 bits per heavy atom. The maximum atomic E-state index is 12.0. The molecule has 25 heavy (non-hydrogen) atoms. The van der Waals surface area contributed by atoms with Crippen LogP contribution >= 0.6 is 22.9 Å². The van der Waals surface area contributed by atoms with Crippen molar-refractivity contribution in [2.75, 3.05) is 5.32 Å². The Bertz CT molecular complexity index is 864. The van der Waals surface area contributed by atoms with Crippen LogP contribution < -0.4 is 10.6 Å². The van der Waals surface area contributed by atoms with Crippen molar-refractivity contribution in [2.24, 2.45) is 0 Å². The van der Waals surface area contributed by atoms with Gasteiger partial charge in [0.2, 0.25) is 0 Å². The number of amides is 2. The fourth-order valence-corrected chi connectivity index (χ4v) is 3.64. The summed E-state index contributed by atoms with van der Waals surface area (Å²) in [6.45, 7) is 2.40. The number of halogens is 1. The minimum atomic E-state index is -0.278. The van der Waals surface area contributed by atoms with E-state index in [1.54, 1.807) is 35.6 Å². The van der Waals surface area contributed by atoms with Gasteiger partial charge in [-0.15, -0.1) is 11.3 Å². The van der Waals surface area contributed by atoms with E-state index in [4.69, 9.17) is 11.6 Å². The highest BCUT2D eigenvalue weighted by Crippen LogP contribution is 2.21. The van der Waals surface area contributed by atoms with Gasteiger partial charge < -0.3 is 10.6 Å². The van der Waals surface area contributed by atoms with Crippen molar-refractivity contribution < 1.29 is 4.79 Å². The molecule has 2 aromatic carbocycles. The number of hydrogen-bond donors (Lipinski definition) is 2. The van der Waals surface area contributed by atoms with Crippen LogP contribution in [0, 0.1) is 6.92 Å². The molecule has 128 valence electrons. The number of carbonyl (C=O) groups excluding carboxylic acids is 1. The number of rotatable bonds is 5. The van der Waals surface area contributed by atoms with E-state index in [0.29, 0.717) is 17.3 Å². The van der Waals surface area contributed by atoms with Gasteiger partial charge in [-0.1, -0.05) is 48.0 Å². The summed E-state index contributed by atoms with van der Waals surface area (Å²) in [7, 11) is 0. The van der Waals surface area contributed by atoms with Crippen LogP contribution in [0.2, 0.25) is 5.02 Å². The minimum Gasteiger partial charge on any atom is -0.331 e. The fraction of sp³-hybridized carbons (Fsp3) is 0.158. The molecule has 0 fully saturated rings. The molecule has 0 saturated carbocycles. The molecule has 3 aromatic rings. The Balaban J connectivity index is 1.56. The van der Waals surface area contributed by atoms with Gasteiger partial charge in [-0.2, -0.15) is 0 Å². The second-order valence-corrected chi connectivity index (χ2v) is 7.20. The van der Waals surface area contributed by atoms with Crippen molar-refractivity contribution in [1.29, 1.82) is 0 Å². The van der Waals surface area contributed by atoms with E-state index in [1.165, 1.54) is 10.4 Å². The molecule has 6 heteroatoms. The quantitative estimate of drug-likeness (QED) is 0.661. The number of nitrogens with one attached hydrogen (secondary N) is 2. The number of anilines is 1. The number of thiazole rings is 1. The molecule has 0 aliphatic rings. The lowest BCUT2D eigenvalue weighted by atomic mass is 10.1. The van der Waals surface area contributed by atoms with Gasteiger partial charge in [-0.25, -0.2) is 9.78 Å².